The van der Waals surface area contributed by atoms with E-state index in [0.717, 1.165) is 15.2 Å². The van der Waals surface area contributed by atoms with Crippen LogP contribution in [0.1, 0.15) is 0 Å². The van der Waals surface area contributed by atoms with E-state index in [1.54, 1.807) is 18.2 Å². The molecule has 0 saturated carbocycles. The summed E-state index contributed by atoms with van der Waals surface area (Å²) in [4.78, 5) is 12.1. The molecule has 6 heteroatoms. The third kappa shape index (κ3) is 3.53. The number of hydrogen-bond acceptors (Lipinski definition) is 4. The summed E-state index contributed by atoms with van der Waals surface area (Å²) in [5, 5.41) is 4.94. The monoisotopic (exact) mass is 399 g/mol. The molecule has 0 aromatic heterocycles. The van der Waals surface area contributed by atoms with E-state index >= 15 is 0 Å². The predicted octanol–water partition coefficient (Wildman–Crippen LogP) is 4.35. The topological polar surface area (TPSA) is 56.8 Å². The fourth-order valence-electron chi connectivity index (χ4n) is 2.60. The molecule has 0 spiro atoms. The van der Waals surface area contributed by atoms with Crippen molar-refractivity contribution >= 4 is 38.3 Å². The summed E-state index contributed by atoms with van der Waals surface area (Å²) < 4.78 is 17.2. The Morgan fingerprint density at radius 3 is 2.72 bits per heavy atom. The predicted molar refractivity (Wildman–Crippen MR) is 98.3 cm³/mol. The van der Waals surface area contributed by atoms with E-state index in [1.807, 2.05) is 36.4 Å². The van der Waals surface area contributed by atoms with Gasteiger partial charge in [0, 0.05) is 16.2 Å². The number of nitrogens with one attached hydrogen (secondary N) is 1. The van der Waals surface area contributed by atoms with E-state index in [4.69, 9.17) is 14.2 Å². The third-order valence-electron chi connectivity index (χ3n) is 3.80. The lowest BCUT2D eigenvalue weighted by Crippen LogP contribution is -2.20. The normalized spacial score (nSPS) is 12.2. The van der Waals surface area contributed by atoms with Crippen molar-refractivity contribution in [2.24, 2.45) is 0 Å². The van der Waals surface area contributed by atoms with Crippen LogP contribution in [0.4, 0.5) is 5.69 Å². The molecule has 0 saturated heterocycles. The van der Waals surface area contributed by atoms with Crippen LogP contribution in [0.3, 0.4) is 0 Å². The minimum atomic E-state index is -0.241. The summed E-state index contributed by atoms with van der Waals surface area (Å²) in [6.07, 6.45) is 0. The van der Waals surface area contributed by atoms with Crippen molar-refractivity contribution in [1.29, 1.82) is 0 Å². The second-order valence-corrected chi connectivity index (χ2v) is 6.47. The second kappa shape index (κ2) is 6.64. The molecule has 0 aliphatic carbocycles. The first-order valence-corrected chi connectivity index (χ1v) is 8.48. The van der Waals surface area contributed by atoms with Crippen molar-refractivity contribution in [1.82, 2.24) is 0 Å². The molecule has 0 fully saturated rings. The highest BCUT2D eigenvalue weighted by Crippen LogP contribution is 2.34. The number of carbonyl (C=O) groups is 1. The summed E-state index contributed by atoms with van der Waals surface area (Å²) in [6.45, 7) is 0.130. The van der Waals surface area contributed by atoms with Crippen molar-refractivity contribution in [3.05, 3.63) is 59.1 Å². The van der Waals surface area contributed by atoms with Crippen LogP contribution in [0.25, 0.3) is 10.8 Å². The fourth-order valence-corrected chi connectivity index (χ4v) is 2.98. The van der Waals surface area contributed by atoms with Gasteiger partial charge in [-0.05, 0) is 47.2 Å². The minimum absolute atomic E-state index is 0.0729. The maximum Gasteiger partial charge on any atom is 0.262 e. The molecule has 4 rings (SSSR count). The molecule has 0 unspecified atom stereocenters. The highest BCUT2D eigenvalue weighted by molar-refractivity contribution is 9.10. The van der Waals surface area contributed by atoms with Gasteiger partial charge < -0.3 is 19.5 Å². The zero-order valence-corrected chi connectivity index (χ0v) is 14.7. The van der Waals surface area contributed by atoms with Crippen molar-refractivity contribution < 1.29 is 19.0 Å². The first-order valence-electron chi connectivity index (χ1n) is 7.69. The number of amides is 1. The fraction of sp³-hybridized carbons (Fsp3) is 0.105. The number of anilines is 1. The Kier molecular flexibility index (Phi) is 4.19. The van der Waals surface area contributed by atoms with E-state index in [1.165, 1.54) is 0 Å². The van der Waals surface area contributed by atoms with Gasteiger partial charge in [-0.15, -0.1) is 0 Å². The number of fused-ring (bicyclic) bond motifs is 2. The minimum Gasteiger partial charge on any atom is -0.484 e. The maximum atomic E-state index is 12.1. The Morgan fingerprint density at radius 2 is 1.80 bits per heavy atom. The molecule has 126 valence electrons. The molecule has 3 aromatic rings. The van der Waals surface area contributed by atoms with Gasteiger partial charge in [-0.1, -0.05) is 28.1 Å². The molecule has 5 nitrogen and oxygen atoms in total. The highest BCUT2D eigenvalue weighted by Gasteiger charge is 2.14. The molecule has 25 heavy (non-hydrogen) atoms. The van der Waals surface area contributed by atoms with E-state index in [2.05, 4.69) is 21.2 Å². The Balaban J connectivity index is 1.39. The van der Waals surface area contributed by atoms with Crippen molar-refractivity contribution in [2.45, 2.75) is 0 Å². The van der Waals surface area contributed by atoms with Gasteiger partial charge in [0.1, 0.15) is 5.75 Å². The Morgan fingerprint density at radius 1 is 1.00 bits per heavy atom. The summed E-state index contributed by atoms with van der Waals surface area (Å²) in [7, 11) is 0. The smallest absolute Gasteiger partial charge is 0.262 e. The van der Waals surface area contributed by atoms with Crippen LogP contribution in [0.5, 0.6) is 17.2 Å². The molecular weight excluding hydrogens is 386 g/mol. The summed E-state index contributed by atoms with van der Waals surface area (Å²) >= 11 is 3.45. The maximum absolute atomic E-state index is 12.1. The molecule has 1 heterocycles. The van der Waals surface area contributed by atoms with Crippen LogP contribution >= 0.6 is 15.9 Å². The van der Waals surface area contributed by atoms with Crippen LogP contribution in [0.15, 0.2) is 59.1 Å². The molecule has 0 radical (unpaired) electrons. The number of ether oxygens (including phenoxy) is 3. The van der Waals surface area contributed by atoms with Crippen LogP contribution in [0, 0.1) is 0 Å². The zero-order chi connectivity index (χ0) is 17.2. The van der Waals surface area contributed by atoms with Crippen LogP contribution in [0.2, 0.25) is 0 Å². The van der Waals surface area contributed by atoms with Gasteiger partial charge in [0.25, 0.3) is 5.91 Å². The lowest BCUT2D eigenvalue weighted by atomic mass is 10.1. The molecule has 3 aromatic carbocycles. The average Bonchev–Trinajstić information content (AvgIpc) is 3.07. The van der Waals surface area contributed by atoms with Crippen LogP contribution in [-0.2, 0) is 4.79 Å². The summed E-state index contributed by atoms with van der Waals surface area (Å²) in [6, 6.07) is 17.0. The average molecular weight is 400 g/mol. The van der Waals surface area contributed by atoms with Gasteiger partial charge >= 0.3 is 0 Å². The lowest BCUT2D eigenvalue weighted by molar-refractivity contribution is -0.118. The zero-order valence-electron chi connectivity index (χ0n) is 13.1. The molecule has 1 amide bonds. The van der Waals surface area contributed by atoms with Crippen LogP contribution < -0.4 is 19.5 Å². The van der Waals surface area contributed by atoms with E-state index in [0.29, 0.717) is 22.9 Å². The summed E-state index contributed by atoms with van der Waals surface area (Å²) in [5.74, 6) is 1.71. The molecular formula is C19H14BrNO4. The lowest BCUT2D eigenvalue weighted by Gasteiger charge is -2.09. The van der Waals surface area contributed by atoms with Gasteiger partial charge in [0.05, 0.1) is 0 Å². The standard InChI is InChI=1S/C19H14BrNO4/c20-14-3-1-13-8-16(5-2-12(13)7-14)23-10-19(22)21-15-4-6-17-18(9-15)25-11-24-17/h1-9H,10-11H2,(H,21,22). The van der Waals surface area contributed by atoms with Gasteiger partial charge in [-0.2, -0.15) is 0 Å². The Bertz CT molecular complexity index is 957. The highest BCUT2D eigenvalue weighted by atomic mass is 79.9. The van der Waals surface area contributed by atoms with Crippen molar-refractivity contribution in [3.8, 4) is 17.2 Å². The quantitative estimate of drug-likeness (QED) is 0.708. The molecule has 0 atom stereocenters. The Hall–Kier alpha value is -2.73. The Labute approximate surface area is 152 Å². The largest absolute Gasteiger partial charge is 0.484 e. The SMILES string of the molecule is O=C(COc1ccc2cc(Br)ccc2c1)Nc1ccc2c(c1)OCO2. The molecule has 0 bridgehead atoms. The number of carbonyl (C=O) groups excluding carboxylic acids is 1. The van der Waals surface area contributed by atoms with Gasteiger partial charge in [-0.25, -0.2) is 0 Å². The van der Waals surface area contributed by atoms with E-state index in [-0.39, 0.29) is 19.3 Å². The first kappa shape index (κ1) is 15.8. The van der Waals surface area contributed by atoms with Crippen molar-refractivity contribution in [3.63, 3.8) is 0 Å². The summed E-state index contributed by atoms with van der Waals surface area (Å²) in [5.41, 5.74) is 0.640. The van der Waals surface area contributed by atoms with E-state index in [9.17, 15) is 4.79 Å². The van der Waals surface area contributed by atoms with Crippen LogP contribution in [-0.4, -0.2) is 19.3 Å². The molecule has 1 aliphatic rings. The number of benzene rings is 3. The van der Waals surface area contributed by atoms with Gasteiger partial charge in [0.15, 0.2) is 18.1 Å². The van der Waals surface area contributed by atoms with E-state index < -0.39 is 0 Å². The number of halogens is 1. The second-order valence-electron chi connectivity index (χ2n) is 5.56. The van der Waals surface area contributed by atoms with Crippen molar-refractivity contribution in [2.75, 3.05) is 18.7 Å². The third-order valence-corrected chi connectivity index (χ3v) is 4.29. The van der Waals surface area contributed by atoms with Gasteiger partial charge in [0.2, 0.25) is 6.79 Å². The number of hydrogen-bond donors (Lipinski definition) is 1. The van der Waals surface area contributed by atoms with Gasteiger partial charge in [-0.3, -0.25) is 4.79 Å². The molecule has 1 N–H and O–H groups in total. The molecule has 1 aliphatic heterocycles. The first-order chi connectivity index (χ1) is 12.2. The number of rotatable bonds is 4.